The molecule has 0 aromatic heterocycles. The van der Waals surface area contributed by atoms with Crippen molar-refractivity contribution in [3.05, 3.63) is 57.6 Å². The number of ketones is 2. The van der Waals surface area contributed by atoms with Gasteiger partial charge < -0.3 is 10.2 Å². The molecule has 0 aliphatic heterocycles. The van der Waals surface area contributed by atoms with Gasteiger partial charge in [-0.05, 0) is 71.6 Å². The van der Waals surface area contributed by atoms with Crippen molar-refractivity contribution >= 4 is 19.8 Å². The highest BCUT2D eigenvalue weighted by Gasteiger charge is 2.44. The molecule has 0 amide bonds. The molecule has 7 nitrogen and oxygen atoms in total. The van der Waals surface area contributed by atoms with Crippen molar-refractivity contribution in [2.75, 3.05) is 0 Å². The number of hydrogen-bond acceptors (Lipinski definition) is 7. The number of rotatable bonds is 12. The van der Waals surface area contributed by atoms with Crippen molar-refractivity contribution in [1.82, 2.24) is 0 Å². The monoisotopic (exact) mass is 686 g/mol. The van der Waals surface area contributed by atoms with E-state index in [1.165, 1.54) is 0 Å². The zero-order chi connectivity index (χ0) is 37.4. The van der Waals surface area contributed by atoms with Crippen LogP contribution >= 0.6 is 8.25 Å². The smallest absolute Gasteiger partial charge is 0.321 e. The zero-order valence-electron chi connectivity index (χ0n) is 32.6. The summed E-state index contributed by atoms with van der Waals surface area (Å²) in [5.74, 6) is -0.372. The molecule has 48 heavy (non-hydrogen) atoms. The van der Waals surface area contributed by atoms with Crippen LogP contribution in [0.15, 0.2) is 24.3 Å². The highest BCUT2D eigenvalue weighted by Crippen LogP contribution is 2.47. The number of phenols is 2. The van der Waals surface area contributed by atoms with Gasteiger partial charge in [0.2, 0.25) is 0 Å². The van der Waals surface area contributed by atoms with Crippen molar-refractivity contribution in [3.63, 3.8) is 0 Å². The second kappa shape index (κ2) is 14.4. The molecule has 0 spiro atoms. The second-order valence-electron chi connectivity index (χ2n) is 17.4. The molecule has 2 aromatic rings. The minimum atomic E-state index is -3.41. The molecular weight excluding hydrogens is 623 g/mol. The Balaban J connectivity index is 2.65. The molecule has 0 fully saturated rings. The van der Waals surface area contributed by atoms with Crippen LogP contribution in [0.5, 0.6) is 11.5 Å². The molecule has 2 aromatic carbocycles. The minimum absolute atomic E-state index is 0.163. The van der Waals surface area contributed by atoms with E-state index in [9.17, 15) is 24.4 Å². The van der Waals surface area contributed by atoms with Gasteiger partial charge in [0.25, 0.3) is 0 Å². The Morgan fingerprint density at radius 2 is 0.729 bits per heavy atom. The largest absolute Gasteiger partial charge is 0.507 e. The van der Waals surface area contributed by atoms with E-state index in [0.29, 0.717) is 33.4 Å². The summed E-state index contributed by atoms with van der Waals surface area (Å²) in [7, 11) is -3.41. The standard InChI is InChI=1S/C40H63O7P/c1-17-39(18-2,33(43)25-21-27(35(5,6)7)31(41)28(22-25)36(8,9)10)46-48(45)47-40(19-3,20-4)34(44)26-23-29(37(11,12)13)32(42)30(24-26)38(14,15)16/h21-24,41-42,48H,17-20H2,1-16H3. The van der Waals surface area contributed by atoms with E-state index >= 15 is 0 Å². The first-order valence-corrected chi connectivity index (χ1v) is 18.7. The fraction of sp³-hybridized carbons (Fsp3) is 0.650. The normalized spacial score (nSPS) is 13.7. The van der Waals surface area contributed by atoms with Gasteiger partial charge in [-0.25, -0.2) is 0 Å². The predicted molar refractivity (Wildman–Crippen MR) is 197 cm³/mol. The second-order valence-corrected chi connectivity index (χ2v) is 18.3. The fourth-order valence-corrected chi connectivity index (χ4v) is 7.65. The van der Waals surface area contributed by atoms with E-state index in [1.807, 2.05) is 111 Å². The summed E-state index contributed by atoms with van der Waals surface area (Å²) in [6.45, 7) is 31.0. The quantitative estimate of drug-likeness (QED) is 0.169. The Labute approximate surface area is 291 Å². The third-order valence-electron chi connectivity index (χ3n) is 9.65. The number of benzene rings is 2. The van der Waals surface area contributed by atoms with Crippen LogP contribution in [0.3, 0.4) is 0 Å². The molecule has 0 atom stereocenters. The van der Waals surface area contributed by atoms with Crippen LogP contribution in [0, 0.1) is 0 Å². The van der Waals surface area contributed by atoms with E-state index < -0.39 is 41.1 Å². The number of carbonyl (C=O) groups is 2. The van der Waals surface area contributed by atoms with Crippen LogP contribution in [-0.4, -0.2) is 33.0 Å². The van der Waals surface area contributed by atoms with Gasteiger partial charge in [0.05, 0.1) is 0 Å². The number of phenolic OH excluding ortho intramolecular Hbond substituents is 2. The highest BCUT2D eigenvalue weighted by molar-refractivity contribution is 7.33. The first-order valence-electron chi connectivity index (χ1n) is 17.4. The van der Waals surface area contributed by atoms with Crippen molar-refractivity contribution in [2.24, 2.45) is 0 Å². The van der Waals surface area contributed by atoms with Gasteiger partial charge in [0.1, 0.15) is 22.7 Å². The molecule has 270 valence electrons. The van der Waals surface area contributed by atoms with Crippen LogP contribution in [0.25, 0.3) is 0 Å². The van der Waals surface area contributed by atoms with Gasteiger partial charge in [0.15, 0.2) is 11.6 Å². The predicted octanol–water partition coefficient (Wildman–Crippen LogP) is 10.9. The van der Waals surface area contributed by atoms with Crippen molar-refractivity contribution in [1.29, 1.82) is 0 Å². The van der Waals surface area contributed by atoms with Crippen molar-refractivity contribution < 1.29 is 33.4 Å². The summed E-state index contributed by atoms with van der Waals surface area (Å²) in [5.41, 5.74) is -1.47. The molecule has 0 aliphatic rings. The Bertz CT molecular complexity index is 1330. The third kappa shape index (κ3) is 8.63. The molecule has 2 rings (SSSR count). The number of Topliss-reactive ketones (excluding diaryl/α,β-unsaturated/α-hetero) is 2. The highest BCUT2D eigenvalue weighted by atomic mass is 31.1. The maximum absolute atomic E-state index is 14.4. The zero-order valence-corrected chi connectivity index (χ0v) is 33.6. The van der Waals surface area contributed by atoms with Crippen LogP contribution < -0.4 is 0 Å². The Hall–Kier alpha value is -2.47. The average molecular weight is 687 g/mol. The SMILES string of the molecule is CCC(CC)(O[PH](=O)OC(CC)(CC)C(=O)c1cc(C(C)(C)C)c(O)c(C(C)(C)C)c1)C(=O)c1cc(C(C)(C)C)c(O)c(C(C)(C)C)c1. The molecule has 0 aliphatic carbocycles. The molecule has 2 N–H and O–H groups in total. The van der Waals surface area contributed by atoms with E-state index in [4.69, 9.17) is 9.05 Å². The van der Waals surface area contributed by atoms with Gasteiger partial charge >= 0.3 is 8.25 Å². The van der Waals surface area contributed by atoms with E-state index in [1.54, 1.807) is 24.3 Å². The molecule has 0 radical (unpaired) electrons. The summed E-state index contributed by atoms with van der Waals surface area (Å²) in [6.07, 6.45) is 0.888. The summed E-state index contributed by atoms with van der Waals surface area (Å²) < 4.78 is 26.3. The fourth-order valence-electron chi connectivity index (χ4n) is 6.21. The Morgan fingerprint density at radius 3 is 0.896 bits per heavy atom. The Kier molecular flexibility index (Phi) is 12.5. The van der Waals surface area contributed by atoms with E-state index in [2.05, 4.69) is 0 Å². The summed E-state index contributed by atoms with van der Waals surface area (Å²) >= 11 is 0. The number of aromatic hydroxyl groups is 2. The lowest BCUT2D eigenvalue weighted by molar-refractivity contribution is 0.0104. The lowest BCUT2D eigenvalue weighted by atomic mass is 9.76. The van der Waals surface area contributed by atoms with Crippen molar-refractivity contribution in [3.8, 4) is 11.5 Å². The lowest BCUT2D eigenvalue weighted by Gasteiger charge is -2.35. The van der Waals surface area contributed by atoms with Gasteiger partial charge in [-0.1, -0.05) is 111 Å². The van der Waals surface area contributed by atoms with Gasteiger partial charge in [-0.15, -0.1) is 0 Å². The summed E-state index contributed by atoms with van der Waals surface area (Å²) in [5, 5.41) is 22.5. The van der Waals surface area contributed by atoms with E-state index in [-0.39, 0.29) is 48.7 Å². The minimum Gasteiger partial charge on any atom is -0.507 e. The first kappa shape index (κ1) is 41.7. The summed E-state index contributed by atoms with van der Waals surface area (Å²) in [4.78, 5) is 28.8. The maximum Gasteiger partial charge on any atom is 0.321 e. The van der Waals surface area contributed by atoms with E-state index in [0.717, 1.165) is 0 Å². The molecule has 0 saturated heterocycles. The maximum atomic E-state index is 14.4. The number of hydrogen-bond donors (Lipinski definition) is 2. The molecular formula is C40H63O7P. The third-order valence-corrected chi connectivity index (χ3v) is 10.8. The summed E-state index contributed by atoms with van der Waals surface area (Å²) in [6, 6.07) is 6.85. The first-order chi connectivity index (χ1) is 21.7. The van der Waals surface area contributed by atoms with Gasteiger partial charge in [-0.2, -0.15) is 0 Å². The topological polar surface area (TPSA) is 110 Å². The van der Waals surface area contributed by atoms with Crippen LogP contribution in [-0.2, 0) is 35.3 Å². The lowest BCUT2D eigenvalue weighted by Crippen LogP contribution is -2.42. The molecule has 0 heterocycles. The molecule has 0 saturated carbocycles. The van der Waals surface area contributed by atoms with Crippen molar-refractivity contribution in [2.45, 2.75) is 169 Å². The van der Waals surface area contributed by atoms with Crippen LogP contribution in [0.2, 0.25) is 0 Å². The van der Waals surface area contributed by atoms with Crippen LogP contribution in [0.4, 0.5) is 0 Å². The van der Waals surface area contributed by atoms with Crippen LogP contribution in [0.1, 0.15) is 179 Å². The molecule has 0 bridgehead atoms. The number of carbonyl (C=O) groups excluding carboxylic acids is 2. The Morgan fingerprint density at radius 1 is 0.521 bits per heavy atom. The van der Waals surface area contributed by atoms with Gasteiger partial charge in [0, 0.05) is 33.4 Å². The molecule has 0 unspecified atom stereocenters. The molecule has 8 heteroatoms. The van der Waals surface area contributed by atoms with Gasteiger partial charge in [-0.3, -0.25) is 23.2 Å². The average Bonchev–Trinajstić information content (AvgIpc) is 2.96.